The van der Waals surface area contributed by atoms with Crippen LogP contribution in [-0.2, 0) is 14.3 Å². The molecule has 1 saturated heterocycles. The quantitative estimate of drug-likeness (QED) is 0.642. The molecular formula is C20H25N5O4S. The Morgan fingerprint density at radius 1 is 1.30 bits per heavy atom. The van der Waals surface area contributed by atoms with E-state index in [2.05, 4.69) is 15.0 Å². The third kappa shape index (κ3) is 4.99. The number of ether oxygens (including phenoxy) is 1. The summed E-state index contributed by atoms with van der Waals surface area (Å²) in [6.45, 7) is 4.68. The van der Waals surface area contributed by atoms with Crippen molar-refractivity contribution in [3.8, 4) is 10.8 Å². The summed E-state index contributed by atoms with van der Waals surface area (Å²) in [5.41, 5.74) is 0.576. The summed E-state index contributed by atoms with van der Waals surface area (Å²) in [6, 6.07) is 1.71. The highest BCUT2D eigenvalue weighted by Crippen LogP contribution is 2.26. The van der Waals surface area contributed by atoms with E-state index in [1.54, 1.807) is 44.3 Å². The van der Waals surface area contributed by atoms with Gasteiger partial charge in [-0.2, -0.15) is 0 Å². The van der Waals surface area contributed by atoms with Gasteiger partial charge in [-0.3, -0.25) is 14.4 Å². The average Bonchev–Trinajstić information content (AvgIpc) is 3.15. The number of nitrogens with zero attached hydrogens (tertiary/aromatic N) is 5. The highest BCUT2D eigenvalue weighted by Gasteiger charge is 2.30. The number of likely N-dealkylation sites (tertiary alicyclic amines) is 1. The average molecular weight is 432 g/mol. The zero-order chi connectivity index (χ0) is 21.7. The predicted octanol–water partition coefficient (Wildman–Crippen LogP) is 1.78. The van der Waals surface area contributed by atoms with E-state index in [9.17, 15) is 14.4 Å². The normalized spacial score (nSPS) is 16.2. The fourth-order valence-electron chi connectivity index (χ4n) is 3.30. The van der Waals surface area contributed by atoms with Crippen LogP contribution in [0.15, 0.2) is 18.5 Å². The van der Waals surface area contributed by atoms with Gasteiger partial charge in [-0.15, -0.1) is 11.3 Å². The van der Waals surface area contributed by atoms with Crippen molar-refractivity contribution in [1.82, 2.24) is 24.8 Å². The maximum atomic E-state index is 12.9. The number of hydrogen-bond acceptors (Lipinski definition) is 8. The summed E-state index contributed by atoms with van der Waals surface area (Å²) in [5.74, 6) is -0.578. The first-order valence-corrected chi connectivity index (χ1v) is 10.7. The van der Waals surface area contributed by atoms with E-state index in [1.165, 1.54) is 16.2 Å². The highest BCUT2D eigenvalue weighted by atomic mass is 32.1. The molecule has 0 bridgehead atoms. The molecule has 2 amide bonds. The molecule has 0 saturated carbocycles. The van der Waals surface area contributed by atoms with Crippen molar-refractivity contribution in [2.75, 3.05) is 33.3 Å². The number of amides is 2. The Labute approximate surface area is 179 Å². The fourth-order valence-corrected chi connectivity index (χ4v) is 4.31. The first-order valence-electron chi connectivity index (χ1n) is 9.85. The second kappa shape index (κ2) is 9.75. The zero-order valence-electron chi connectivity index (χ0n) is 17.3. The summed E-state index contributed by atoms with van der Waals surface area (Å²) in [6.07, 6.45) is 4.68. The molecule has 1 unspecified atom stereocenters. The van der Waals surface area contributed by atoms with E-state index in [1.807, 2.05) is 0 Å². The zero-order valence-corrected chi connectivity index (χ0v) is 18.1. The van der Waals surface area contributed by atoms with Gasteiger partial charge in [0.05, 0.1) is 24.8 Å². The Morgan fingerprint density at radius 3 is 2.73 bits per heavy atom. The lowest BCUT2D eigenvalue weighted by molar-refractivity contribution is -0.151. The van der Waals surface area contributed by atoms with Gasteiger partial charge in [0, 0.05) is 32.5 Å². The first kappa shape index (κ1) is 21.8. The Hall–Kier alpha value is -2.88. The molecule has 2 aromatic heterocycles. The molecule has 3 heterocycles. The van der Waals surface area contributed by atoms with Gasteiger partial charge in [0.2, 0.25) is 5.91 Å². The van der Waals surface area contributed by atoms with E-state index in [-0.39, 0.29) is 30.2 Å². The van der Waals surface area contributed by atoms with Gasteiger partial charge in [0.25, 0.3) is 5.91 Å². The van der Waals surface area contributed by atoms with Gasteiger partial charge in [-0.05, 0) is 32.8 Å². The molecule has 0 aromatic carbocycles. The van der Waals surface area contributed by atoms with Crippen molar-refractivity contribution in [3.63, 3.8) is 0 Å². The van der Waals surface area contributed by atoms with E-state index in [0.717, 1.165) is 6.42 Å². The van der Waals surface area contributed by atoms with E-state index >= 15 is 0 Å². The number of esters is 1. The molecular weight excluding hydrogens is 406 g/mol. The largest absolute Gasteiger partial charge is 0.466 e. The van der Waals surface area contributed by atoms with Gasteiger partial charge >= 0.3 is 5.97 Å². The van der Waals surface area contributed by atoms with Crippen LogP contribution in [-0.4, -0.2) is 75.8 Å². The van der Waals surface area contributed by atoms with Crippen LogP contribution in [0.1, 0.15) is 35.1 Å². The van der Waals surface area contributed by atoms with Crippen molar-refractivity contribution in [2.24, 2.45) is 5.92 Å². The standard InChI is InChI=1S/C20H25N5O4S/c1-4-29-20(28)14-7-5-10-25(11-14)15(26)12-24(3)19(27)16-13(2)23-18(30-16)17-21-8-6-9-22-17/h6,8-9,14H,4-5,7,10-12H2,1-3H3. The smallest absolute Gasteiger partial charge is 0.310 e. The van der Waals surface area contributed by atoms with Crippen molar-refractivity contribution in [1.29, 1.82) is 0 Å². The molecule has 0 aliphatic carbocycles. The highest BCUT2D eigenvalue weighted by molar-refractivity contribution is 7.17. The monoisotopic (exact) mass is 431 g/mol. The number of aromatic nitrogens is 3. The predicted molar refractivity (Wildman–Crippen MR) is 111 cm³/mol. The number of thiazole rings is 1. The van der Waals surface area contributed by atoms with Crippen molar-refractivity contribution < 1.29 is 19.1 Å². The number of hydrogen-bond donors (Lipinski definition) is 0. The minimum absolute atomic E-state index is 0.0666. The van der Waals surface area contributed by atoms with Crippen molar-refractivity contribution in [2.45, 2.75) is 26.7 Å². The Bertz CT molecular complexity index is 917. The molecule has 0 N–H and O–H groups in total. The molecule has 1 aliphatic heterocycles. The lowest BCUT2D eigenvalue weighted by atomic mass is 9.98. The summed E-state index contributed by atoms with van der Waals surface area (Å²) in [7, 11) is 1.59. The maximum Gasteiger partial charge on any atom is 0.310 e. The molecule has 30 heavy (non-hydrogen) atoms. The van der Waals surface area contributed by atoms with Crippen LogP contribution >= 0.6 is 11.3 Å². The second-order valence-corrected chi connectivity index (χ2v) is 8.10. The molecule has 10 heteroatoms. The summed E-state index contributed by atoms with van der Waals surface area (Å²) < 4.78 is 5.08. The Kier molecular flexibility index (Phi) is 7.09. The number of carbonyl (C=O) groups is 3. The fraction of sp³-hybridized carbons (Fsp3) is 0.500. The summed E-state index contributed by atoms with van der Waals surface area (Å²) >= 11 is 1.21. The molecule has 1 fully saturated rings. The number of aryl methyl sites for hydroxylation is 1. The van der Waals surface area contributed by atoms with Gasteiger partial charge in [-0.25, -0.2) is 15.0 Å². The first-order chi connectivity index (χ1) is 14.4. The topological polar surface area (TPSA) is 106 Å². The van der Waals surface area contributed by atoms with E-state index in [0.29, 0.717) is 47.5 Å². The van der Waals surface area contributed by atoms with Crippen LogP contribution in [0.3, 0.4) is 0 Å². The van der Waals surface area contributed by atoms with Crippen LogP contribution in [0, 0.1) is 12.8 Å². The summed E-state index contributed by atoms with van der Waals surface area (Å²) in [5, 5.41) is 0.560. The minimum atomic E-state index is -0.305. The third-order valence-corrected chi connectivity index (χ3v) is 6.00. The third-order valence-electron chi connectivity index (χ3n) is 4.86. The van der Waals surface area contributed by atoms with Crippen LogP contribution in [0.5, 0.6) is 0 Å². The van der Waals surface area contributed by atoms with Gasteiger partial charge < -0.3 is 14.5 Å². The lowest BCUT2D eigenvalue weighted by Crippen LogP contribution is -2.47. The second-order valence-electron chi connectivity index (χ2n) is 7.10. The lowest BCUT2D eigenvalue weighted by Gasteiger charge is -2.32. The number of likely N-dealkylation sites (N-methyl/N-ethyl adjacent to an activating group) is 1. The number of piperidine rings is 1. The minimum Gasteiger partial charge on any atom is -0.466 e. The molecule has 3 rings (SSSR count). The molecule has 0 radical (unpaired) electrons. The van der Waals surface area contributed by atoms with E-state index in [4.69, 9.17) is 4.74 Å². The van der Waals surface area contributed by atoms with E-state index < -0.39 is 0 Å². The molecule has 2 aromatic rings. The van der Waals surface area contributed by atoms with Crippen LogP contribution in [0.2, 0.25) is 0 Å². The summed E-state index contributed by atoms with van der Waals surface area (Å²) in [4.78, 5) is 53.8. The molecule has 160 valence electrons. The van der Waals surface area contributed by atoms with Crippen LogP contribution in [0.4, 0.5) is 0 Å². The van der Waals surface area contributed by atoms with Crippen molar-refractivity contribution in [3.05, 3.63) is 29.0 Å². The van der Waals surface area contributed by atoms with Crippen molar-refractivity contribution >= 4 is 29.1 Å². The maximum absolute atomic E-state index is 12.9. The Morgan fingerprint density at radius 2 is 2.03 bits per heavy atom. The van der Waals surface area contributed by atoms with Crippen LogP contribution in [0.25, 0.3) is 10.8 Å². The number of carbonyl (C=O) groups excluding carboxylic acids is 3. The SMILES string of the molecule is CCOC(=O)C1CCCN(C(=O)CN(C)C(=O)c2sc(-c3ncccn3)nc2C)C1. The van der Waals surface area contributed by atoms with Crippen LogP contribution < -0.4 is 0 Å². The Balaban J connectivity index is 1.63. The molecule has 1 aliphatic rings. The number of rotatable bonds is 6. The van der Waals surface area contributed by atoms with Gasteiger partial charge in [-0.1, -0.05) is 0 Å². The van der Waals surface area contributed by atoms with Gasteiger partial charge in [0.15, 0.2) is 10.8 Å². The molecule has 0 spiro atoms. The van der Waals surface area contributed by atoms with Gasteiger partial charge in [0.1, 0.15) is 4.88 Å². The molecule has 9 nitrogen and oxygen atoms in total. The molecule has 1 atom stereocenters.